The predicted molar refractivity (Wildman–Crippen MR) is 85.6 cm³/mol. The predicted octanol–water partition coefficient (Wildman–Crippen LogP) is 4.04. The smallest absolute Gasteiger partial charge is 0.0858 e. The molecule has 3 rings (SSSR count). The van der Waals surface area contributed by atoms with Gasteiger partial charge < -0.3 is 5.32 Å². The number of rotatable bonds is 3. The molecule has 0 radical (unpaired) electrons. The number of nitrogens with zero attached hydrogens (tertiary/aromatic N) is 3. The Labute approximate surface area is 126 Å². The number of benzene rings is 1. The van der Waals surface area contributed by atoms with E-state index in [1.54, 1.807) is 17.2 Å². The second kappa shape index (κ2) is 5.88. The van der Waals surface area contributed by atoms with E-state index in [1.165, 1.54) is 37.8 Å². The van der Waals surface area contributed by atoms with E-state index in [2.05, 4.69) is 53.6 Å². The molecule has 1 atom stereocenters. The number of anilines is 1. The molecule has 112 valence electrons. The lowest BCUT2D eigenvalue weighted by atomic mass is 9.85. The Morgan fingerprint density at radius 1 is 1.05 bits per heavy atom. The summed E-state index contributed by atoms with van der Waals surface area (Å²) >= 11 is 0. The van der Waals surface area contributed by atoms with Crippen LogP contribution in [-0.2, 0) is 0 Å². The molecule has 4 nitrogen and oxygen atoms in total. The normalized spacial score (nSPS) is 21.7. The number of nitrogens with one attached hydrogen (secondary N) is 1. The van der Waals surface area contributed by atoms with Crippen LogP contribution < -0.4 is 5.32 Å². The van der Waals surface area contributed by atoms with E-state index < -0.39 is 0 Å². The van der Waals surface area contributed by atoms with Gasteiger partial charge in [-0.25, -0.2) is 0 Å². The minimum absolute atomic E-state index is 0.506. The third-order valence-electron chi connectivity index (χ3n) is 4.46. The van der Waals surface area contributed by atoms with Crippen molar-refractivity contribution in [3.8, 4) is 5.69 Å². The van der Waals surface area contributed by atoms with Crippen LogP contribution >= 0.6 is 0 Å². The van der Waals surface area contributed by atoms with Crippen molar-refractivity contribution in [3.05, 3.63) is 36.7 Å². The fourth-order valence-electron chi connectivity index (χ4n) is 3.08. The molecule has 1 aliphatic carbocycles. The Bertz CT molecular complexity index is 557. The fraction of sp³-hybridized carbons (Fsp3) is 0.529. The lowest BCUT2D eigenvalue weighted by Crippen LogP contribution is -2.19. The Balaban J connectivity index is 1.63. The molecule has 1 saturated carbocycles. The van der Waals surface area contributed by atoms with Gasteiger partial charge in [-0.1, -0.05) is 20.3 Å². The van der Waals surface area contributed by atoms with Crippen molar-refractivity contribution in [2.24, 2.45) is 5.41 Å². The van der Waals surface area contributed by atoms with Crippen LogP contribution in [0.5, 0.6) is 0 Å². The second-order valence-electron chi connectivity index (χ2n) is 6.80. The van der Waals surface area contributed by atoms with Gasteiger partial charge in [-0.15, -0.1) is 0 Å². The van der Waals surface area contributed by atoms with Crippen molar-refractivity contribution in [3.63, 3.8) is 0 Å². The summed E-state index contributed by atoms with van der Waals surface area (Å²) in [6, 6.07) is 8.95. The van der Waals surface area contributed by atoms with Crippen molar-refractivity contribution in [2.45, 2.75) is 52.0 Å². The van der Waals surface area contributed by atoms with E-state index in [9.17, 15) is 0 Å². The van der Waals surface area contributed by atoms with E-state index in [4.69, 9.17) is 0 Å². The SMILES string of the molecule is CC1(C)CCCC(Nc2ccc(-n3nccn3)cc2)CC1. The summed E-state index contributed by atoms with van der Waals surface area (Å²) in [6.07, 6.45) is 9.88. The van der Waals surface area contributed by atoms with Crippen LogP contribution in [0.2, 0.25) is 0 Å². The van der Waals surface area contributed by atoms with Gasteiger partial charge in [-0.2, -0.15) is 15.0 Å². The third-order valence-corrected chi connectivity index (χ3v) is 4.46. The second-order valence-corrected chi connectivity index (χ2v) is 6.80. The summed E-state index contributed by atoms with van der Waals surface area (Å²) in [7, 11) is 0. The quantitative estimate of drug-likeness (QED) is 0.865. The molecule has 1 N–H and O–H groups in total. The third kappa shape index (κ3) is 3.63. The molecule has 1 aromatic carbocycles. The minimum Gasteiger partial charge on any atom is -0.382 e. The van der Waals surface area contributed by atoms with E-state index >= 15 is 0 Å². The molecule has 0 spiro atoms. The van der Waals surface area contributed by atoms with Crippen LogP contribution in [0, 0.1) is 5.41 Å². The molecule has 0 amide bonds. The average molecular weight is 284 g/mol. The topological polar surface area (TPSA) is 42.7 Å². The number of aromatic nitrogens is 3. The molecule has 0 bridgehead atoms. The Morgan fingerprint density at radius 3 is 2.48 bits per heavy atom. The maximum absolute atomic E-state index is 4.15. The molecule has 0 saturated heterocycles. The van der Waals surface area contributed by atoms with Crippen LogP contribution in [-0.4, -0.2) is 21.0 Å². The van der Waals surface area contributed by atoms with Crippen molar-refractivity contribution in [1.29, 1.82) is 0 Å². The first-order valence-electron chi connectivity index (χ1n) is 7.86. The average Bonchev–Trinajstić information content (AvgIpc) is 2.94. The van der Waals surface area contributed by atoms with Gasteiger partial charge in [0, 0.05) is 11.7 Å². The van der Waals surface area contributed by atoms with Gasteiger partial charge in [0.25, 0.3) is 0 Å². The first kappa shape index (κ1) is 14.1. The van der Waals surface area contributed by atoms with E-state index in [0.29, 0.717) is 11.5 Å². The highest BCUT2D eigenvalue weighted by molar-refractivity contribution is 5.48. The van der Waals surface area contributed by atoms with Crippen LogP contribution in [0.1, 0.15) is 46.0 Å². The first-order valence-corrected chi connectivity index (χ1v) is 7.86. The standard InChI is InChI=1S/C17H24N4/c1-17(2)10-3-4-14(9-11-17)20-15-5-7-16(8-6-15)21-18-12-13-19-21/h5-8,12-14,20H,3-4,9-11H2,1-2H3. The van der Waals surface area contributed by atoms with Gasteiger partial charge >= 0.3 is 0 Å². The van der Waals surface area contributed by atoms with Gasteiger partial charge in [-0.3, -0.25) is 0 Å². The summed E-state index contributed by atoms with van der Waals surface area (Å²) < 4.78 is 0. The molecule has 1 aromatic heterocycles. The first-order chi connectivity index (χ1) is 10.1. The van der Waals surface area contributed by atoms with Gasteiger partial charge in [-0.05, 0) is 55.4 Å². The highest BCUT2D eigenvalue weighted by Crippen LogP contribution is 2.34. The van der Waals surface area contributed by atoms with E-state index in [1.807, 2.05) is 0 Å². The zero-order valence-corrected chi connectivity index (χ0v) is 12.9. The molecule has 4 heteroatoms. The highest BCUT2D eigenvalue weighted by Gasteiger charge is 2.24. The monoisotopic (exact) mass is 284 g/mol. The molecular weight excluding hydrogens is 260 g/mol. The van der Waals surface area contributed by atoms with Gasteiger partial charge in [0.1, 0.15) is 0 Å². The maximum atomic E-state index is 4.15. The van der Waals surface area contributed by atoms with Gasteiger partial charge in [0.2, 0.25) is 0 Å². The molecule has 0 aliphatic heterocycles. The summed E-state index contributed by atoms with van der Waals surface area (Å²) in [5, 5.41) is 12.0. The molecular formula is C17H24N4. The summed E-state index contributed by atoms with van der Waals surface area (Å²) in [5.41, 5.74) is 2.69. The molecule has 1 heterocycles. The summed E-state index contributed by atoms with van der Waals surface area (Å²) in [4.78, 5) is 1.64. The van der Waals surface area contributed by atoms with Crippen LogP contribution in [0.3, 0.4) is 0 Å². The lowest BCUT2D eigenvalue weighted by molar-refractivity contribution is 0.313. The van der Waals surface area contributed by atoms with Crippen LogP contribution in [0.25, 0.3) is 5.69 Å². The fourth-order valence-corrected chi connectivity index (χ4v) is 3.08. The van der Waals surface area contributed by atoms with E-state index in [0.717, 1.165) is 5.69 Å². The van der Waals surface area contributed by atoms with Crippen molar-refractivity contribution < 1.29 is 0 Å². The molecule has 21 heavy (non-hydrogen) atoms. The van der Waals surface area contributed by atoms with Crippen molar-refractivity contribution in [1.82, 2.24) is 15.0 Å². The van der Waals surface area contributed by atoms with Gasteiger partial charge in [0.05, 0.1) is 18.1 Å². The van der Waals surface area contributed by atoms with Gasteiger partial charge in [0.15, 0.2) is 0 Å². The minimum atomic E-state index is 0.506. The van der Waals surface area contributed by atoms with E-state index in [-0.39, 0.29) is 0 Å². The zero-order valence-electron chi connectivity index (χ0n) is 12.9. The summed E-state index contributed by atoms with van der Waals surface area (Å²) in [5.74, 6) is 0. The summed E-state index contributed by atoms with van der Waals surface area (Å²) in [6.45, 7) is 4.78. The van der Waals surface area contributed by atoms with Crippen LogP contribution in [0.15, 0.2) is 36.7 Å². The molecule has 1 fully saturated rings. The highest BCUT2D eigenvalue weighted by atomic mass is 15.5. The van der Waals surface area contributed by atoms with Crippen molar-refractivity contribution >= 4 is 5.69 Å². The zero-order chi connectivity index (χ0) is 14.7. The molecule has 1 aliphatic rings. The van der Waals surface area contributed by atoms with Crippen molar-refractivity contribution in [2.75, 3.05) is 5.32 Å². The number of hydrogen-bond acceptors (Lipinski definition) is 3. The maximum Gasteiger partial charge on any atom is 0.0858 e. The Kier molecular flexibility index (Phi) is 3.95. The largest absolute Gasteiger partial charge is 0.382 e. The van der Waals surface area contributed by atoms with Crippen LogP contribution in [0.4, 0.5) is 5.69 Å². The number of hydrogen-bond donors (Lipinski definition) is 1. The Hall–Kier alpha value is -1.84. The lowest BCUT2D eigenvalue weighted by Gasteiger charge is -2.22. The Morgan fingerprint density at radius 2 is 1.76 bits per heavy atom. The molecule has 1 unspecified atom stereocenters. The molecule has 2 aromatic rings.